The van der Waals surface area contributed by atoms with Crippen LogP contribution in [0.4, 0.5) is 23.7 Å². The number of halogens is 3. The van der Waals surface area contributed by atoms with Crippen LogP contribution in [0.3, 0.4) is 0 Å². The van der Waals surface area contributed by atoms with E-state index in [0.29, 0.717) is 37.4 Å². The van der Waals surface area contributed by atoms with Gasteiger partial charge in [0.05, 0.1) is 18.4 Å². The molecule has 3 rings (SSSR count). The Balaban J connectivity index is 1.51. The number of methoxy groups -OCH3 is 1. The minimum Gasteiger partial charge on any atom is -0.495 e. The number of piperidine rings is 1. The molecule has 0 atom stereocenters. The molecule has 0 aliphatic carbocycles. The van der Waals surface area contributed by atoms with Crippen LogP contribution in [-0.4, -0.2) is 42.2 Å². The third kappa shape index (κ3) is 4.85. The first-order valence-corrected chi connectivity index (χ1v) is 8.75. The average Bonchev–Trinajstić information content (AvgIpc) is 2.68. The molecule has 1 fully saturated rings. The normalized spacial score (nSPS) is 15.2. The van der Waals surface area contributed by atoms with Crippen LogP contribution in [0, 0.1) is 0 Å². The Morgan fingerprint density at radius 2 is 1.89 bits per heavy atom. The predicted molar refractivity (Wildman–Crippen MR) is 96.5 cm³/mol. The summed E-state index contributed by atoms with van der Waals surface area (Å²) in [6, 6.07) is 9.04. The Morgan fingerprint density at radius 3 is 2.50 bits per heavy atom. The van der Waals surface area contributed by atoms with Crippen LogP contribution in [0.15, 0.2) is 42.6 Å². The molecule has 0 radical (unpaired) electrons. The van der Waals surface area contributed by atoms with E-state index in [1.165, 1.54) is 13.2 Å². The van der Waals surface area contributed by atoms with Gasteiger partial charge in [-0.05, 0) is 18.2 Å². The van der Waals surface area contributed by atoms with Crippen molar-refractivity contribution in [3.05, 3.63) is 48.2 Å². The van der Waals surface area contributed by atoms with Crippen LogP contribution in [-0.2, 0) is 6.18 Å². The number of rotatable bonds is 4. The van der Waals surface area contributed by atoms with Gasteiger partial charge in [-0.2, -0.15) is 13.2 Å². The van der Waals surface area contributed by atoms with E-state index in [4.69, 9.17) is 9.47 Å². The van der Waals surface area contributed by atoms with Crippen LogP contribution in [0.5, 0.6) is 11.6 Å². The molecule has 0 spiro atoms. The van der Waals surface area contributed by atoms with E-state index in [1.807, 2.05) is 6.07 Å². The SMILES string of the molecule is COc1ccccc1NC(=O)N1CCC(Oc2ccc(C(F)(F)F)cn2)CC1. The minimum absolute atomic E-state index is 0.143. The average molecular weight is 395 g/mol. The predicted octanol–water partition coefficient (Wildman–Crippen LogP) is 4.18. The van der Waals surface area contributed by atoms with Gasteiger partial charge in [-0.1, -0.05) is 12.1 Å². The molecule has 1 saturated heterocycles. The lowest BCUT2D eigenvalue weighted by Crippen LogP contribution is -2.43. The van der Waals surface area contributed by atoms with Crippen molar-refractivity contribution in [2.24, 2.45) is 0 Å². The molecular weight excluding hydrogens is 375 g/mol. The van der Waals surface area contributed by atoms with E-state index < -0.39 is 11.7 Å². The van der Waals surface area contributed by atoms with E-state index in [1.54, 1.807) is 23.1 Å². The number of nitrogens with one attached hydrogen (secondary N) is 1. The number of aromatic nitrogens is 1. The lowest BCUT2D eigenvalue weighted by atomic mass is 10.1. The fourth-order valence-corrected chi connectivity index (χ4v) is 2.91. The van der Waals surface area contributed by atoms with Crippen molar-refractivity contribution < 1.29 is 27.4 Å². The topological polar surface area (TPSA) is 63.7 Å². The van der Waals surface area contributed by atoms with Gasteiger partial charge in [0.1, 0.15) is 11.9 Å². The first kappa shape index (κ1) is 19.8. The summed E-state index contributed by atoms with van der Waals surface area (Å²) in [4.78, 5) is 17.8. The molecular formula is C19H20F3N3O3. The Labute approximate surface area is 160 Å². The number of alkyl halides is 3. The molecule has 1 aliphatic rings. The van der Waals surface area contributed by atoms with Crippen LogP contribution < -0.4 is 14.8 Å². The highest BCUT2D eigenvalue weighted by Crippen LogP contribution is 2.29. The van der Waals surface area contributed by atoms with E-state index >= 15 is 0 Å². The molecule has 150 valence electrons. The number of pyridine rings is 1. The minimum atomic E-state index is -4.42. The first-order chi connectivity index (χ1) is 13.4. The van der Waals surface area contributed by atoms with Gasteiger partial charge in [-0.3, -0.25) is 0 Å². The van der Waals surface area contributed by atoms with Crippen LogP contribution >= 0.6 is 0 Å². The van der Waals surface area contributed by atoms with Crippen molar-refractivity contribution >= 4 is 11.7 Å². The van der Waals surface area contributed by atoms with Gasteiger partial charge in [-0.15, -0.1) is 0 Å². The fraction of sp³-hybridized carbons (Fsp3) is 0.368. The van der Waals surface area contributed by atoms with E-state index in [2.05, 4.69) is 10.3 Å². The van der Waals surface area contributed by atoms with Gasteiger partial charge in [0.2, 0.25) is 5.88 Å². The smallest absolute Gasteiger partial charge is 0.417 e. The van der Waals surface area contributed by atoms with E-state index in [-0.39, 0.29) is 18.0 Å². The van der Waals surface area contributed by atoms with Gasteiger partial charge in [-0.25, -0.2) is 9.78 Å². The second-order valence-electron chi connectivity index (χ2n) is 6.32. The van der Waals surface area contributed by atoms with E-state index in [0.717, 1.165) is 12.3 Å². The maximum Gasteiger partial charge on any atom is 0.417 e. The largest absolute Gasteiger partial charge is 0.495 e. The Hall–Kier alpha value is -2.97. The molecule has 1 aromatic carbocycles. The maximum atomic E-state index is 12.6. The van der Waals surface area contributed by atoms with Crippen molar-refractivity contribution in [3.8, 4) is 11.6 Å². The highest BCUT2D eigenvalue weighted by Gasteiger charge is 2.31. The second-order valence-corrected chi connectivity index (χ2v) is 6.32. The zero-order valence-corrected chi connectivity index (χ0v) is 15.2. The van der Waals surface area contributed by atoms with Crippen molar-refractivity contribution in [1.82, 2.24) is 9.88 Å². The van der Waals surface area contributed by atoms with Gasteiger partial charge < -0.3 is 19.7 Å². The first-order valence-electron chi connectivity index (χ1n) is 8.75. The fourth-order valence-electron chi connectivity index (χ4n) is 2.91. The number of para-hydroxylation sites is 2. The standard InChI is InChI=1S/C19H20F3N3O3/c1-27-16-5-3-2-4-15(16)24-18(26)25-10-8-14(9-11-25)28-17-7-6-13(12-23-17)19(20,21)22/h2-7,12,14H,8-11H2,1H3,(H,24,26). The van der Waals surface area contributed by atoms with Crippen LogP contribution in [0.25, 0.3) is 0 Å². The monoisotopic (exact) mass is 395 g/mol. The number of likely N-dealkylation sites (tertiary alicyclic amines) is 1. The summed E-state index contributed by atoms with van der Waals surface area (Å²) < 4.78 is 48.6. The summed E-state index contributed by atoms with van der Waals surface area (Å²) in [6.45, 7) is 0.929. The number of benzene rings is 1. The summed E-state index contributed by atoms with van der Waals surface area (Å²) in [5.74, 6) is 0.715. The maximum absolute atomic E-state index is 12.6. The number of carbonyl (C=O) groups is 1. The molecule has 6 nitrogen and oxygen atoms in total. The molecule has 9 heteroatoms. The Kier molecular flexibility index (Phi) is 5.91. The number of hydrogen-bond acceptors (Lipinski definition) is 4. The third-order valence-electron chi connectivity index (χ3n) is 4.43. The molecule has 0 unspecified atom stereocenters. The number of hydrogen-bond donors (Lipinski definition) is 1. The van der Waals surface area contributed by atoms with Crippen molar-refractivity contribution in [2.45, 2.75) is 25.1 Å². The number of ether oxygens (including phenoxy) is 2. The highest BCUT2D eigenvalue weighted by molar-refractivity contribution is 5.91. The number of nitrogens with zero attached hydrogens (tertiary/aromatic N) is 2. The van der Waals surface area contributed by atoms with Crippen LogP contribution in [0.1, 0.15) is 18.4 Å². The van der Waals surface area contributed by atoms with Crippen molar-refractivity contribution in [2.75, 3.05) is 25.5 Å². The van der Waals surface area contributed by atoms with Crippen molar-refractivity contribution in [1.29, 1.82) is 0 Å². The third-order valence-corrected chi connectivity index (χ3v) is 4.43. The molecule has 2 amide bonds. The molecule has 1 aliphatic heterocycles. The lowest BCUT2D eigenvalue weighted by Gasteiger charge is -2.32. The summed E-state index contributed by atoms with van der Waals surface area (Å²) in [7, 11) is 1.53. The van der Waals surface area contributed by atoms with Gasteiger partial charge in [0.25, 0.3) is 0 Å². The number of urea groups is 1. The molecule has 1 aromatic heterocycles. The summed E-state index contributed by atoms with van der Waals surface area (Å²) in [5.41, 5.74) is -0.231. The molecule has 2 heterocycles. The zero-order chi connectivity index (χ0) is 20.1. The Morgan fingerprint density at radius 1 is 1.18 bits per heavy atom. The van der Waals surface area contributed by atoms with Crippen LogP contribution in [0.2, 0.25) is 0 Å². The van der Waals surface area contributed by atoms with Crippen molar-refractivity contribution in [3.63, 3.8) is 0 Å². The number of amides is 2. The van der Waals surface area contributed by atoms with Gasteiger partial charge in [0.15, 0.2) is 0 Å². The quantitative estimate of drug-likeness (QED) is 0.844. The highest BCUT2D eigenvalue weighted by atomic mass is 19.4. The summed E-state index contributed by atoms with van der Waals surface area (Å²) >= 11 is 0. The van der Waals surface area contributed by atoms with Gasteiger partial charge >= 0.3 is 12.2 Å². The summed E-state index contributed by atoms with van der Waals surface area (Å²) in [6.07, 6.45) is -2.76. The lowest BCUT2D eigenvalue weighted by molar-refractivity contribution is -0.137. The van der Waals surface area contributed by atoms with Gasteiger partial charge in [0, 0.05) is 38.2 Å². The second kappa shape index (κ2) is 8.37. The zero-order valence-electron chi connectivity index (χ0n) is 15.2. The molecule has 2 aromatic rings. The summed E-state index contributed by atoms with van der Waals surface area (Å²) in [5, 5.41) is 2.82. The Bertz CT molecular complexity index is 804. The molecule has 28 heavy (non-hydrogen) atoms. The number of carbonyl (C=O) groups excluding carboxylic acids is 1. The number of anilines is 1. The molecule has 0 saturated carbocycles. The van der Waals surface area contributed by atoms with E-state index in [9.17, 15) is 18.0 Å². The molecule has 1 N–H and O–H groups in total. The molecule has 0 bridgehead atoms.